The average Bonchev–Trinajstić information content (AvgIpc) is 2.31. The van der Waals surface area contributed by atoms with Gasteiger partial charge >= 0.3 is 5.63 Å². The third-order valence-electron chi connectivity index (χ3n) is 2.14. The maximum Gasteiger partial charge on any atom is 0.351 e. The number of rotatable bonds is 1. The Balaban J connectivity index is 0.000000686. The summed E-state index contributed by atoms with van der Waals surface area (Å²) in [5.74, 6) is -0.818. The number of fused-ring (bicyclic) bond motifs is 1. The van der Waals surface area contributed by atoms with Gasteiger partial charge in [-0.05, 0) is 19.1 Å². The van der Waals surface area contributed by atoms with Crippen LogP contribution in [0.2, 0.25) is 0 Å². The van der Waals surface area contributed by atoms with Crippen molar-refractivity contribution in [2.75, 3.05) is 0 Å². The molecule has 0 radical (unpaired) electrons. The number of Topliss-reactive ketones (excluding diaryl/α,β-unsaturated/α-hetero) is 1. The van der Waals surface area contributed by atoms with Crippen molar-refractivity contribution in [3.63, 3.8) is 0 Å². The van der Waals surface area contributed by atoms with Gasteiger partial charge in [0.1, 0.15) is 16.9 Å². The van der Waals surface area contributed by atoms with Crippen molar-refractivity contribution in [2.45, 2.75) is 20.8 Å². The Labute approximate surface area is 98.5 Å². The molecule has 0 spiro atoms. The molecule has 0 saturated heterocycles. The molecule has 2 rings (SSSR count). The van der Waals surface area contributed by atoms with Crippen LogP contribution >= 0.6 is 0 Å². The highest BCUT2D eigenvalue weighted by Gasteiger charge is 2.16. The van der Waals surface area contributed by atoms with Crippen molar-refractivity contribution >= 4 is 16.8 Å². The molecule has 1 N–H and O–H groups in total. The largest absolute Gasteiger partial charge is 0.506 e. The summed E-state index contributed by atoms with van der Waals surface area (Å²) in [6.07, 6.45) is 0. The van der Waals surface area contributed by atoms with Crippen LogP contribution in [0.4, 0.5) is 0 Å². The van der Waals surface area contributed by atoms with Crippen LogP contribution in [0.25, 0.3) is 11.0 Å². The van der Waals surface area contributed by atoms with E-state index in [4.69, 9.17) is 4.42 Å². The minimum Gasteiger partial charge on any atom is -0.506 e. The molecule has 0 aliphatic rings. The number of carbonyl (C=O) groups is 1. The zero-order chi connectivity index (χ0) is 13.0. The Morgan fingerprint density at radius 1 is 1.24 bits per heavy atom. The smallest absolute Gasteiger partial charge is 0.351 e. The fraction of sp³-hybridized carbons (Fsp3) is 0.231. The second-order valence-electron chi connectivity index (χ2n) is 3.17. The summed E-state index contributed by atoms with van der Waals surface area (Å²) in [7, 11) is 0. The van der Waals surface area contributed by atoms with Gasteiger partial charge < -0.3 is 9.52 Å². The van der Waals surface area contributed by atoms with Crippen molar-refractivity contribution in [2.24, 2.45) is 0 Å². The number of para-hydroxylation sites is 1. The Hall–Kier alpha value is -2.10. The van der Waals surface area contributed by atoms with Crippen LogP contribution in [0.15, 0.2) is 33.5 Å². The van der Waals surface area contributed by atoms with Gasteiger partial charge in [-0.25, -0.2) is 4.79 Å². The fourth-order valence-electron chi connectivity index (χ4n) is 1.44. The molecule has 0 aliphatic carbocycles. The highest BCUT2D eigenvalue weighted by molar-refractivity contribution is 6.01. The van der Waals surface area contributed by atoms with E-state index in [2.05, 4.69) is 0 Å². The van der Waals surface area contributed by atoms with Crippen LogP contribution in [-0.4, -0.2) is 10.9 Å². The summed E-state index contributed by atoms with van der Waals surface area (Å²) < 4.78 is 4.90. The van der Waals surface area contributed by atoms with E-state index in [-0.39, 0.29) is 16.9 Å². The molecule has 4 nitrogen and oxygen atoms in total. The molecule has 0 atom stereocenters. The van der Waals surface area contributed by atoms with E-state index in [1.165, 1.54) is 6.92 Å². The van der Waals surface area contributed by atoms with Gasteiger partial charge in [-0.15, -0.1) is 0 Å². The Morgan fingerprint density at radius 3 is 2.41 bits per heavy atom. The summed E-state index contributed by atoms with van der Waals surface area (Å²) in [5, 5.41) is 10.1. The van der Waals surface area contributed by atoms with Crippen LogP contribution < -0.4 is 5.63 Å². The van der Waals surface area contributed by atoms with Crippen molar-refractivity contribution in [1.29, 1.82) is 0 Å². The average molecular weight is 234 g/mol. The van der Waals surface area contributed by atoms with Gasteiger partial charge in [0.05, 0.1) is 5.39 Å². The number of hydrogen-bond donors (Lipinski definition) is 1. The number of aromatic hydroxyl groups is 1. The summed E-state index contributed by atoms with van der Waals surface area (Å²) in [6.45, 7) is 5.21. The van der Waals surface area contributed by atoms with Crippen LogP contribution in [0, 0.1) is 0 Å². The highest BCUT2D eigenvalue weighted by Crippen LogP contribution is 2.25. The summed E-state index contributed by atoms with van der Waals surface area (Å²) >= 11 is 0. The zero-order valence-electron chi connectivity index (χ0n) is 9.98. The molecule has 0 amide bonds. The maximum absolute atomic E-state index is 11.3. The van der Waals surface area contributed by atoms with E-state index >= 15 is 0 Å². The van der Waals surface area contributed by atoms with Gasteiger partial charge in [0.15, 0.2) is 5.78 Å². The Kier molecular flexibility index (Phi) is 4.04. The molecular formula is C13H14O4. The second kappa shape index (κ2) is 5.30. The molecule has 2 aromatic rings. The van der Waals surface area contributed by atoms with Crippen molar-refractivity contribution in [3.05, 3.63) is 40.2 Å². The number of benzene rings is 1. The van der Waals surface area contributed by atoms with E-state index in [1.54, 1.807) is 24.3 Å². The predicted octanol–water partition coefficient (Wildman–Crippen LogP) is 2.73. The summed E-state index contributed by atoms with van der Waals surface area (Å²) in [4.78, 5) is 22.5. The fourth-order valence-corrected chi connectivity index (χ4v) is 1.44. The van der Waals surface area contributed by atoms with E-state index in [0.717, 1.165) is 0 Å². The molecule has 4 heteroatoms. The van der Waals surface area contributed by atoms with Crippen molar-refractivity contribution < 1.29 is 14.3 Å². The van der Waals surface area contributed by atoms with Crippen molar-refractivity contribution in [3.8, 4) is 5.75 Å². The molecule has 0 unspecified atom stereocenters. The van der Waals surface area contributed by atoms with Gasteiger partial charge in [0.25, 0.3) is 0 Å². The summed E-state index contributed by atoms with van der Waals surface area (Å²) in [6, 6.07) is 6.50. The monoisotopic (exact) mass is 234 g/mol. The van der Waals surface area contributed by atoms with Gasteiger partial charge in [-0.2, -0.15) is 0 Å². The molecule has 17 heavy (non-hydrogen) atoms. The van der Waals surface area contributed by atoms with Gasteiger partial charge in [-0.1, -0.05) is 26.0 Å². The van der Waals surface area contributed by atoms with E-state index < -0.39 is 11.4 Å². The minimum atomic E-state index is -0.807. The van der Waals surface area contributed by atoms with Gasteiger partial charge in [-0.3, -0.25) is 4.79 Å². The molecular weight excluding hydrogens is 220 g/mol. The van der Waals surface area contributed by atoms with Crippen LogP contribution in [0.5, 0.6) is 5.75 Å². The number of hydrogen-bond acceptors (Lipinski definition) is 4. The quantitative estimate of drug-likeness (QED) is 0.608. The Bertz CT molecular complexity index is 596. The van der Waals surface area contributed by atoms with E-state index in [0.29, 0.717) is 5.39 Å². The SMILES string of the molecule is CC.CC(=O)c1c(O)c2ccccc2oc1=O. The molecule has 90 valence electrons. The number of ketones is 1. The first kappa shape index (κ1) is 13.0. The molecule has 1 heterocycles. The Morgan fingerprint density at radius 2 is 1.82 bits per heavy atom. The topological polar surface area (TPSA) is 67.5 Å². The highest BCUT2D eigenvalue weighted by atomic mass is 16.4. The third-order valence-corrected chi connectivity index (χ3v) is 2.14. The van der Waals surface area contributed by atoms with Gasteiger partial charge in [0.2, 0.25) is 0 Å². The number of carbonyl (C=O) groups excluding carboxylic acids is 1. The molecule has 0 aliphatic heterocycles. The lowest BCUT2D eigenvalue weighted by Crippen LogP contribution is -2.11. The first-order valence-corrected chi connectivity index (χ1v) is 5.37. The molecule has 1 aromatic heterocycles. The van der Waals surface area contributed by atoms with Gasteiger partial charge in [0, 0.05) is 0 Å². The van der Waals surface area contributed by atoms with Crippen LogP contribution in [0.3, 0.4) is 0 Å². The minimum absolute atomic E-state index is 0.269. The van der Waals surface area contributed by atoms with E-state index in [9.17, 15) is 14.7 Å². The first-order chi connectivity index (χ1) is 8.11. The van der Waals surface area contributed by atoms with Crippen LogP contribution in [0.1, 0.15) is 31.1 Å². The lowest BCUT2D eigenvalue weighted by molar-refractivity contribution is 0.101. The molecule has 0 bridgehead atoms. The normalized spacial score (nSPS) is 9.59. The zero-order valence-corrected chi connectivity index (χ0v) is 9.98. The lowest BCUT2D eigenvalue weighted by Gasteiger charge is -2.02. The molecule has 0 fully saturated rings. The second-order valence-corrected chi connectivity index (χ2v) is 3.17. The predicted molar refractivity (Wildman–Crippen MR) is 65.5 cm³/mol. The maximum atomic E-state index is 11.3. The third kappa shape index (κ3) is 2.36. The van der Waals surface area contributed by atoms with Crippen LogP contribution in [-0.2, 0) is 0 Å². The molecule has 1 aromatic carbocycles. The van der Waals surface area contributed by atoms with Crippen molar-refractivity contribution in [1.82, 2.24) is 0 Å². The lowest BCUT2D eigenvalue weighted by atomic mass is 10.1. The molecule has 0 saturated carbocycles. The standard InChI is InChI=1S/C11H8O4.C2H6/c1-6(12)9-10(13)7-4-2-3-5-8(7)15-11(9)14;1-2/h2-5,13H,1H3;1-2H3. The van der Waals surface area contributed by atoms with E-state index in [1.807, 2.05) is 13.8 Å². The summed E-state index contributed by atoms with van der Waals surface area (Å²) in [5.41, 5.74) is -0.836. The first-order valence-electron chi connectivity index (χ1n) is 5.37.